The van der Waals surface area contributed by atoms with Gasteiger partial charge in [-0.25, -0.2) is 0 Å². The summed E-state index contributed by atoms with van der Waals surface area (Å²) in [4.78, 5) is 27.6. The number of carbonyl (C=O) groups excluding carboxylic acids is 2. The minimum atomic E-state index is -0.677. The highest BCUT2D eigenvalue weighted by atomic mass is 35.5. The van der Waals surface area contributed by atoms with E-state index in [1.54, 1.807) is 29.2 Å². The van der Waals surface area contributed by atoms with Crippen LogP contribution in [0.3, 0.4) is 0 Å². The maximum absolute atomic E-state index is 13.1. The number of Topliss-reactive ketones (excluding diaryl/α,β-unsaturated/α-hetero) is 1. The molecule has 2 aromatic rings. The van der Waals surface area contributed by atoms with E-state index in [9.17, 15) is 14.7 Å². The summed E-state index contributed by atoms with van der Waals surface area (Å²) in [6, 6.07) is 13.8. The topological polar surface area (TPSA) is 66.8 Å². The predicted octanol–water partition coefficient (Wildman–Crippen LogP) is 5.06. The summed E-state index contributed by atoms with van der Waals surface area (Å²) in [6.07, 6.45) is 1.68. The first-order valence-electron chi connectivity index (χ1n) is 10.6. The van der Waals surface area contributed by atoms with Crippen LogP contribution in [-0.4, -0.2) is 41.0 Å². The zero-order valence-corrected chi connectivity index (χ0v) is 18.4. The van der Waals surface area contributed by atoms with Crippen molar-refractivity contribution in [1.29, 1.82) is 0 Å². The van der Waals surface area contributed by atoms with E-state index in [4.69, 9.17) is 16.3 Å². The van der Waals surface area contributed by atoms with Crippen LogP contribution < -0.4 is 0 Å². The van der Waals surface area contributed by atoms with Crippen LogP contribution in [0, 0.1) is 0 Å². The Morgan fingerprint density at radius 2 is 1.81 bits per heavy atom. The Balaban J connectivity index is 1.80. The molecule has 1 amide bonds. The van der Waals surface area contributed by atoms with Crippen molar-refractivity contribution in [3.63, 3.8) is 0 Å². The summed E-state index contributed by atoms with van der Waals surface area (Å²) in [5, 5.41) is 11.6. The second kappa shape index (κ2) is 8.85. The quantitative estimate of drug-likeness (QED) is 0.401. The highest BCUT2D eigenvalue weighted by Gasteiger charge is 2.47. The molecule has 2 aliphatic rings. The Labute approximate surface area is 187 Å². The summed E-state index contributed by atoms with van der Waals surface area (Å²) in [5.74, 6) is -1.11. The molecule has 0 radical (unpaired) electrons. The van der Waals surface area contributed by atoms with Crippen molar-refractivity contribution in [3.05, 3.63) is 75.8 Å². The van der Waals surface area contributed by atoms with Crippen LogP contribution in [0.5, 0.6) is 0 Å². The summed E-state index contributed by atoms with van der Waals surface area (Å²) >= 11 is 5.97. The number of halogens is 1. The van der Waals surface area contributed by atoms with Crippen LogP contribution in [0.4, 0.5) is 0 Å². The largest absolute Gasteiger partial charge is 0.507 e. The van der Waals surface area contributed by atoms with Crippen LogP contribution in [-0.2, 0) is 14.3 Å². The van der Waals surface area contributed by atoms with E-state index in [1.165, 1.54) is 0 Å². The SMILES string of the molecule is CC(C)c1ccc([C@H]2C(=C(O)c3ccc(Cl)cc3)C(=O)C(=O)N2C[C@@H]2CCCO2)cc1. The van der Waals surface area contributed by atoms with Gasteiger partial charge in [-0.05, 0) is 54.2 Å². The van der Waals surface area contributed by atoms with E-state index in [2.05, 4.69) is 13.8 Å². The zero-order valence-electron chi connectivity index (χ0n) is 17.7. The standard InChI is InChI=1S/C25H26ClNO4/c1-15(2)16-5-7-17(8-6-16)22-21(23(28)18-9-11-19(26)12-10-18)24(29)25(30)27(22)14-20-4-3-13-31-20/h5-12,15,20,22,28H,3-4,13-14H2,1-2H3/t20-,22-/m0/s1. The fourth-order valence-electron chi connectivity index (χ4n) is 4.25. The number of likely N-dealkylation sites (tertiary alicyclic amines) is 1. The van der Waals surface area contributed by atoms with Gasteiger partial charge in [0.05, 0.1) is 17.7 Å². The summed E-state index contributed by atoms with van der Waals surface area (Å²) in [7, 11) is 0. The third-order valence-corrected chi connectivity index (χ3v) is 6.25. The molecule has 162 valence electrons. The normalized spacial score (nSPS) is 23.2. The van der Waals surface area contributed by atoms with Gasteiger partial charge in [0.25, 0.3) is 11.7 Å². The molecule has 2 aliphatic heterocycles. The molecule has 31 heavy (non-hydrogen) atoms. The highest BCUT2D eigenvalue weighted by molar-refractivity contribution is 6.46. The maximum Gasteiger partial charge on any atom is 0.295 e. The predicted molar refractivity (Wildman–Crippen MR) is 120 cm³/mol. The smallest absolute Gasteiger partial charge is 0.295 e. The Kier molecular flexibility index (Phi) is 6.17. The number of ketones is 1. The van der Waals surface area contributed by atoms with E-state index in [0.29, 0.717) is 29.7 Å². The van der Waals surface area contributed by atoms with Gasteiger partial charge in [0, 0.05) is 23.7 Å². The van der Waals surface area contributed by atoms with Gasteiger partial charge in [-0.3, -0.25) is 9.59 Å². The number of benzene rings is 2. The van der Waals surface area contributed by atoms with Gasteiger partial charge in [-0.15, -0.1) is 0 Å². The van der Waals surface area contributed by atoms with Crippen LogP contribution >= 0.6 is 11.6 Å². The number of hydrogen-bond donors (Lipinski definition) is 1. The van der Waals surface area contributed by atoms with Crippen molar-refractivity contribution in [1.82, 2.24) is 4.90 Å². The lowest BCUT2D eigenvalue weighted by molar-refractivity contribution is -0.140. The minimum Gasteiger partial charge on any atom is -0.507 e. The van der Waals surface area contributed by atoms with Crippen molar-refractivity contribution < 1.29 is 19.4 Å². The van der Waals surface area contributed by atoms with Crippen LogP contribution in [0.2, 0.25) is 5.02 Å². The summed E-state index contributed by atoms with van der Waals surface area (Å²) in [6.45, 7) is 5.20. The van der Waals surface area contributed by atoms with Crippen LogP contribution in [0.15, 0.2) is 54.1 Å². The molecular formula is C25H26ClNO4. The zero-order chi connectivity index (χ0) is 22.1. The molecule has 2 atom stereocenters. The lowest BCUT2D eigenvalue weighted by Crippen LogP contribution is -2.36. The third kappa shape index (κ3) is 4.25. The molecule has 1 N–H and O–H groups in total. The van der Waals surface area contributed by atoms with Gasteiger partial charge in [-0.1, -0.05) is 49.7 Å². The van der Waals surface area contributed by atoms with E-state index in [-0.39, 0.29) is 17.4 Å². The van der Waals surface area contributed by atoms with Gasteiger partial charge in [0.2, 0.25) is 0 Å². The lowest BCUT2D eigenvalue weighted by Gasteiger charge is -2.27. The molecule has 0 spiro atoms. The number of aliphatic hydroxyl groups excluding tert-OH is 1. The van der Waals surface area contributed by atoms with E-state index >= 15 is 0 Å². The van der Waals surface area contributed by atoms with Crippen LogP contribution in [0.1, 0.15) is 55.3 Å². The van der Waals surface area contributed by atoms with E-state index < -0.39 is 17.7 Å². The first kappa shape index (κ1) is 21.6. The molecule has 2 heterocycles. The number of carbonyl (C=O) groups is 2. The van der Waals surface area contributed by atoms with Crippen molar-refractivity contribution in [2.24, 2.45) is 0 Å². The molecule has 0 aromatic heterocycles. The van der Waals surface area contributed by atoms with E-state index in [0.717, 1.165) is 24.0 Å². The molecule has 0 bridgehead atoms. The number of hydrogen-bond acceptors (Lipinski definition) is 4. The van der Waals surface area contributed by atoms with Gasteiger partial charge < -0.3 is 14.7 Å². The minimum absolute atomic E-state index is 0.0996. The van der Waals surface area contributed by atoms with Gasteiger partial charge >= 0.3 is 0 Å². The Morgan fingerprint density at radius 1 is 1.13 bits per heavy atom. The molecule has 2 aromatic carbocycles. The third-order valence-electron chi connectivity index (χ3n) is 6.00. The Morgan fingerprint density at radius 3 is 2.39 bits per heavy atom. The summed E-state index contributed by atoms with van der Waals surface area (Å²) in [5.41, 5.74) is 2.50. The van der Waals surface area contributed by atoms with Crippen molar-refractivity contribution in [3.8, 4) is 0 Å². The first-order valence-corrected chi connectivity index (χ1v) is 11.0. The molecule has 6 heteroatoms. The molecule has 5 nitrogen and oxygen atoms in total. The summed E-state index contributed by atoms with van der Waals surface area (Å²) < 4.78 is 5.73. The number of ether oxygens (including phenoxy) is 1. The Hall–Kier alpha value is -2.63. The average Bonchev–Trinajstić information content (AvgIpc) is 3.36. The molecule has 2 saturated heterocycles. The van der Waals surface area contributed by atoms with Crippen molar-refractivity contribution >= 4 is 29.1 Å². The van der Waals surface area contributed by atoms with E-state index in [1.807, 2.05) is 24.3 Å². The fraction of sp³-hybridized carbons (Fsp3) is 0.360. The van der Waals surface area contributed by atoms with Gasteiger partial charge in [0.15, 0.2) is 0 Å². The molecule has 2 fully saturated rings. The lowest BCUT2D eigenvalue weighted by atomic mass is 9.93. The van der Waals surface area contributed by atoms with Crippen molar-refractivity contribution in [2.45, 2.75) is 44.8 Å². The average molecular weight is 440 g/mol. The molecule has 0 saturated carbocycles. The Bertz CT molecular complexity index is 1000. The maximum atomic E-state index is 13.1. The molecule has 0 unspecified atom stereocenters. The second-order valence-corrected chi connectivity index (χ2v) is 8.85. The highest BCUT2D eigenvalue weighted by Crippen LogP contribution is 2.40. The monoisotopic (exact) mass is 439 g/mol. The van der Waals surface area contributed by atoms with Gasteiger partial charge in [-0.2, -0.15) is 0 Å². The number of aliphatic hydroxyl groups is 1. The first-order chi connectivity index (χ1) is 14.9. The molecule has 4 rings (SSSR count). The van der Waals surface area contributed by atoms with Crippen molar-refractivity contribution in [2.75, 3.05) is 13.2 Å². The number of rotatable bonds is 5. The van der Waals surface area contributed by atoms with Gasteiger partial charge in [0.1, 0.15) is 5.76 Å². The number of nitrogens with zero attached hydrogens (tertiary/aromatic N) is 1. The molecular weight excluding hydrogens is 414 g/mol. The van der Waals surface area contributed by atoms with Crippen LogP contribution in [0.25, 0.3) is 5.76 Å². The second-order valence-electron chi connectivity index (χ2n) is 8.41. The number of amides is 1. The molecule has 0 aliphatic carbocycles. The fourth-order valence-corrected chi connectivity index (χ4v) is 4.38.